The number of hydrogen-bond donors (Lipinski definition) is 2. The highest BCUT2D eigenvalue weighted by molar-refractivity contribution is 5.97. The molecule has 0 radical (unpaired) electrons. The summed E-state index contributed by atoms with van der Waals surface area (Å²) in [5, 5.41) is 6.75. The van der Waals surface area contributed by atoms with Crippen LogP contribution in [0.1, 0.15) is 21.7 Å². The number of nitrogens with one attached hydrogen (secondary N) is 1. The van der Waals surface area contributed by atoms with E-state index < -0.39 is 5.97 Å². The molecule has 2 aromatic rings. The van der Waals surface area contributed by atoms with Crippen molar-refractivity contribution in [3.05, 3.63) is 41.3 Å². The normalized spacial score (nSPS) is 10.2. The summed E-state index contributed by atoms with van der Waals surface area (Å²) in [5.41, 5.74) is 8.21. The summed E-state index contributed by atoms with van der Waals surface area (Å²) in [6.07, 6.45) is 1.57. The van der Waals surface area contributed by atoms with E-state index in [0.717, 1.165) is 11.3 Å². The van der Waals surface area contributed by atoms with Gasteiger partial charge >= 0.3 is 5.97 Å². The van der Waals surface area contributed by atoms with Gasteiger partial charge in [-0.1, -0.05) is 5.16 Å². The van der Waals surface area contributed by atoms with Crippen molar-refractivity contribution in [1.82, 2.24) is 5.16 Å². The van der Waals surface area contributed by atoms with E-state index in [4.69, 9.17) is 15.0 Å². The lowest BCUT2D eigenvalue weighted by Gasteiger charge is -2.11. The fraction of sp³-hybridized carbons (Fsp3) is 0.231. The average molecular weight is 261 g/mol. The maximum Gasteiger partial charge on any atom is 0.340 e. The van der Waals surface area contributed by atoms with Gasteiger partial charge in [-0.2, -0.15) is 0 Å². The van der Waals surface area contributed by atoms with Crippen LogP contribution in [-0.2, 0) is 11.3 Å². The molecule has 1 aromatic heterocycles. The number of methoxy groups -OCH3 is 1. The van der Waals surface area contributed by atoms with Crippen molar-refractivity contribution in [2.45, 2.75) is 13.5 Å². The van der Waals surface area contributed by atoms with Gasteiger partial charge in [-0.3, -0.25) is 0 Å². The maximum atomic E-state index is 11.6. The number of carbonyl (C=O) groups excluding carboxylic acids is 1. The van der Waals surface area contributed by atoms with Gasteiger partial charge in [0.1, 0.15) is 0 Å². The first kappa shape index (κ1) is 12.9. The van der Waals surface area contributed by atoms with Crippen LogP contribution in [-0.4, -0.2) is 18.2 Å². The molecule has 100 valence electrons. The number of ether oxygens (including phenoxy) is 1. The van der Waals surface area contributed by atoms with E-state index in [1.54, 1.807) is 18.3 Å². The lowest BCUT2D eigenvalue weighted by Crippen LogP contribution is -2.09. The Morgan fingerprint density at radius 2 is 2.32 bits per heavy atom. The standard InChI is InChI=1S/C13H15N3O3/c1-8-5-9(15-7-10-3-4-16-19-10)6-11(12(8)14)13(17)18-2/h3-6,15H,7,14H2,1-2H3. The first-order valence-electron chi connectivity index (χ1n) is 5.73. The van der Waals surface area contributed by atoms with Gasteiger partial charge in [-0.25, -0.2) is 4.79 Å². The van der Waals surface area contributed by atoms with Crippen LogP contribution < -0.4 is 11.1 Å². The topological polar surface area (TPSA) is 90.4 Å². The molecule has 3 N–H and O–H groups in total. The molecular formula is C13H15N3O3. The van der Waals surface area contributed by atoms with Crippen molar-refractivity contribution >= 4 is 17.3 Å². The number of nitrogens with two attached hydrogens (primary N) is 1. The van der Waals surface area contributed by atoms with Crippen molar-refractivity contribution in [3.63, 3.8) is 0 Å². The summed E-state index contributed by atoms with van der Waals surface area (Å²) in [5.74, 6) is 0.248. The Morgan fingerprint density at radius 3 is 2.95 bits per heavy atom. The van der Waals surface area contributed by atoms with Crippen molar-refractivity contribution in [2.75, 3.05) is 18.2 Å². The number of rotatable bonds is 4. The van der Waals surface area contributed by atoms with E-state index in [2.05, 4.69) is 10.5 Å². The Labute approximate surface area is 110 Å². The summed E-state index contributed by atoms with van der Waals surface area (Å²) in [7, 11) is 1.33. The number of aromatic nitrogens is 1. The minimum atomic E-state index is -0.455. The van der Waals surface area contributed by atoms with Gasteiger partial charge in [0.05, 0.1) is 25.4 Å². The van der Waals surface area contributed by atoms with Crippen LogP contribution in [0.25, 0.3) is 0 Å². The quantitative estimate of drug-likeness (QED) is 0.646. The molecule has 0 aliphatic carbocycles. The fourth-order valence-electron chi connectivity index (χ4n) is 1.70. The molecule has 0 fully saturated rings. The zero-order valence-electron chi connectivity index (χ0n) is 10.8. The molecule has 0 atom stereocenters. The largest absolute Gasteiger partial charge is 0.465 e. The summed E-state index contributed by atoms with van der Waals surface area (Å²) in [4.78, 5) is 11.6. The predicted molar refractivity (Wildman–Crippen MR) is 70.8 cm³/mol. The van der Waals surface area contributed by atoms with Gasteiger partial charge in [-0.15, -0.1) is 0 Å². The Balaban J connectivity index is 2.21. The van der Waals surface area contributed by atoms with Gasteiger partial charge < -0.3 is 20.3 Å². The second kappa shape index (κ2) is 5.43. The van der Waals surface area contributed by atoms with E-state index in [0.29, 0.717) is 23.6 Å². The third-order valence-electron chi connectivity index (χ3n) is 2.75. The number of carbonyl (C=O) groups is 1. The Kier molecular flexibility index (Phi) is 3.70. The summed E-state index contributed by atoms with van der Waals surface area (Å²) in [6, 6.07) is 5.28. The van der Waals surface area contributed by atoms with Crippen molar-refractivity contribution < 1.29 is 14.1 Å². The lowest BCUT2D eigenvalue weighted by atomic mass is 10.1. The monoisotopic (exact) mass is 261 g/mol. The molecule has 0 spiro atoms. The third-order valence-corrected chi connectivity index (χ3v) is 2.75. The van der Waals surface area contributed by atoms with E-state index in [-0.39, 0.29) is 0 Å². The first-order chi connectivity index (χ1) is 9.11. The van der Waals surface area contributed by atoms with Crippen LogP contribution in [0.2, 0.25) is 0 Å². The SMILES string of the molecule is COC(=O)c1cc(NCc2ccno2)cc(C)c1N. The van der Waals surface area contributed by atoms with Crippen LogP contribution >= 0.6 is 0 Å². The highest BCUT2D eigenvalue weighted by Gasteiger charge is 2.13. The number of anilines is 2. The van der Waals surface area contributed by atoms with Gasteiger partial charge in [0.2, 0.25) is 0 Å². The molecule has 0 saturated heterocycles. The highest BCUT2D eigenvalue weighted by Crippen LogP contribution is 2.23. The fourth-order valence-corrected chi connectivity index (χ4v) is 1.70. The van der Waals surface area contributed by atoms with E-state index >= 15 is 0 Å². The molecule has 0 aliphatic heterocycles. The molecule has 1 aromatic carbocycles. The zero-order chi connectivity index (χ0) is 13.8. The van der Waals surface area contributed by atoms with Gasteiger partial charge in [0.25, 0.3) is 0 Å². The average Bonchev–Trinajstić information content (AvgIpc) is 2.92. The summed E-state index contributed by atoms with van der Waals surface area (Å²) < 4.78 is 9.68. The Morgan fingerprint density at radius 1 is 1.53 bits per heavy atom. The molecule has 0 bridgehead atoms. The summed E-state index contributed by atoms with van der Waals surface area (Å²) in [6.45, 7) is 2.31. The van der Waals surface area contributed by atoms with Gasteiger partial charge in [0.15, 0.2) is 5.76 Å². The Hall–Kier alpha value is -2.50. The minimum absolute atomic E-state index is 0.350. The number of hydrogen-bond acceptors (Lipinski definition) is 6. The molecule has 2 rings (SSSR count). The van der Waals surface area contributed by atoms with Crippen molar-refractivity contribution in [1.29, 1.82) is 0 Å². The van der Waals surface area contributed by atoms with E-state index in [9.17, 15) is 4.79 Å². The predicted octanol–water partition coefficient (Wildman–Crippen LogP) is 1.96. The molecule has 19 heavy (non-hydrogen) atoms. The number of esters is 1. The smallest absolute Gasteiger partial charge is 0.340 e. The molecule has 1 heterocycles. The van der Waals surface area contributed by atoms with Crippen LogP contribution in [0.5, 0.6) is 0 Å². The summed E-state index contributed by atoms with van der Waals surface area (Å²) >= 11 is 0. The molecule has 0 saturated carbocycles. The molecule has 0 unspecified atom stereocenters. The van der Waals surface area contributed by atoms with Crippen LogP contribution in [0.4, 0.5) is 11.4 Å². The maximum absolute atomic E-state index is 11.6. The molecular weight excluding hydrogens is 246 g/mol. The molecule has 0 aliphatic rings. The van der Waals surface area contributed by atoms with Crippen LogP contribution in [0.15, 0.2) is 28.9 Å². The highest BCUT2D eigenvalue weighted by atomic mass is 16.5. The number of aryl methyl sites for hydroxylation is 1. The van der Waals surface area contributed by atoms with E-state index in [1.807, 2.05) is 13.0 Å². The van der Waals surface area contributed by atoms with Crippen molar-refractivity contribution in [2.24, 2.45) is 0 Å². The van der Waals surface area contributed by atoms with Crippen molar-refractivity contribution in [3.8, 4) is 0 Å². The number of benzene rings is 1. The number of nitrogens with zero attached hydrogens (tertiary/aromatic N) is 1. The van der Waals surface area contributed by atoms with Crippen LogP contribution in [0, 0.1) is 6.92 Å². The minimum Gasteiger partial charge on any atom is -0.465 e. The van der Waals surface area contributed by atoms with Gasteiger partial charge in [-0.05, 0) is 24.6 Å². The Bertz CT molecular complexity index is 579. The first-order valence-corrected chi connectivity index (χ1v) is 5.73. The van der Waals surface area contributed by atoms with E-state index in [1.165, 1.54) is 7.11 Å². The second-order valence-electron chi connectivity index (χ2n) is 4.08. The second-order valence-corrected chi connectivity index (χ2v) is 4.08. The molecule has 0 amide bonds. The lowest BCUT2D eigenvalue weighted by molar-refractivity contribution is 0.0602. The third kappa shape index (κ3) is 2.85. The van der Waals surface area contributed by atoms with Gasteiger partial charge in [0, 0.05) is 17.4 Å². The van der Waals surface area contributed by atoms with Crippen LogP contribution in [0.3, 0.4) is 0 Å². The molecule has 6 heteroatoms. The number of nitrogen functional groups attached to an aromatic ring is 1. The zero-order valence-corrected chi connectivity index (χ0v) is 10.8. The molecule has 6 nitrogen and oxygen atoms in total.